The van der Waals surface area contributed by atoms with E-state index in [1.165, 1.54) is 12.1 Å². The van der Waals surface area contributed by atoms with Crippen LogP contribution in [0.5, 0.6) is 0 Å². The Kier molecular flexibility index (Phi) is 6.97. The van der Waals surface area contributed by atoms with Crippen molar-refractivity contribution in [2.75, 3.05) is 11.9 Å². The van der Waals surface area contributed by atoms with Crippen molar-refractivity contribution in [3.05, 3.63) is 63.6 Å². The number of carbonyl (C=O) groups excluding carboxylic acids is 4. The number of imide groups is 1. The quantitative estimate of drug-likeness (QED) is 0.491. The summed E-state index contributed by atoms with van der Waals surface area (Å²) in [6.45, 7) is 3.10. The summed E-state index contributed by atoms with van der Waals surface area (Å²) < 4.78 is 5.14. The molecule has 0 bridgehead atoms. The van der Waals surface area contributed by atoms with Crippen LogP contribution in [0.1, 0.15) is 41.0 Å². The van der Waals surface area contributed by atoms with Gasteiger partial charge in [-0.25, -0.2) is 4.79 Å². The number of nitrogens with one attached hydrogen (secondary N) is 1. The van der Waals surface area contributed by atoms with Crippen molar-refractivity contribution >= 4 is 52.6 Å². The third kappa shape index (κ3) is 4.89. The van der Waals surface area contributed by atoms with E-state index in [1.807, 2.05) is 13.8 Å². The molecule has 9 heteroatoms. The Bertz CT molecular complexity index is 1020. The summed E-state index contributed by atoms with van der Waals surface area (Å²) in [6, 6.07) is 9.95. The van der Waals surface area contributed by atoms with Gasteiger partial charge >= 0.3 is 5.97 Å². The number of anilines is 1. The van der Waals surface area contributed by atoms with E-state index in [-0.39, 0.29) is 39.2 Å². The van der Waals surface area contributed by atoms with Crippen molar-refractivity contribution < 1.29 is 23.9 Å². The van der Waals surface area contributed by atoms with Gasteiger partial charge < -0.3 is 10.1 Å². The van der Waals surface area contributed by atoms with Crippen LogP contribution < -0.4 is 5.32 Å². The van der Waals surface area contributed by atoms with Gasteiger partial charge in [-0.15, -0.1) is 0 Å². The second-order valence-electron chi connectivity index (χ2n) is 7.43. The molecule has 1 aliphatic heterocycles. The number of rotatable bonds is 7. The molecule has 0 unspecified atom stereocenters. The Hall–Kier alpha value is -2.90. The molecule has 0 fully saturated rings. The molecule has 162 valence electrons. The van der Waals surface area contributed by atoms with E-state index in [0.29, 0.717) is 0 Å². The standard InChI is InChI=1S/C22H20Cl2N2O5/c1-12(2)10-17(26-20(28)13-6-3-4-7-14(13)21(26)29)22(30)31-11-18(27)25-16-9-5-8-15(23)19(16)24/h3-9,12,17H,10-11H2,1-2H3,(H,25,27)/t17-/m1/s1. The van der Waals surface area contributed by atoms with Crippen LogP contribution in [0.25, 0.3) is 0 Å². The molecule has 0 saturated carbocycles. The maximum atomic E-state index is 12.8. The molecule has 0 radical (unpaired) electrons. The first-order valence-electron chi connectivity index (χ1n) is 9.58. The molecule has 1 N–H and O–H groups in total. The molecule has 0 aromatic heterocycles. The van der Waals surface area contributed by atoms with Gasteiger partial charge in [0.05, 0.1) is 26.9 Å². The normalized spacial score (nSPS) is 13.9. The molecule has 0 spiro atoms. The summed E-state index contributed by atoms with van der Waals surface area (Å²) in [5, 5.41) is 2.93. The van der Waals surface area contributed by atoms with Gasteiger partial charge in [0.15, 0.2) is 6.61 Å². The van der Waals surface area contributed by atoms with Crippen molar-refractivity contribution in [3.8, 4) is 0 Å². The van der Waals surface area contributed by atoms with Crippen molar-refractivity contribution in [3.63, 3.8) is 0 Å². The molecule has 0 aliphatic carbocycles. The minimum absolute atomic E-state index is 0.0130. The van der Waals surface area contributed by atoms with E-state index in [1.54, 1.807) is 30.3 Å². The number of benzene rings is 2. The first-order chi connectivity index (χ1) is 14.7. The number of amides is 3. The largest absolute Gasteiger partial charge is 0.454 e. The van der Waals surface area contributed by atoms with E-state index in [2.05, 4.69) is 5.32 Å². The Labute approximate surface area is 189 Å². The lowest BCUT2D eigenvalue weighted by molar-refractivity contribution is -0.151. The first-order valence-corrected chi connectivity index (χ1v) is 10.3. The lowest BCUT2D eigenvalue weighted by atomic mass is 10.0. The zero-order valence-electron chi connectivity index (χ0n) is 16.9. The van der Waals surface area contributed by atoms with Gasteiger partial charge in [0.2, 0.25) is 0 Å². The summed E-state index contributed by atoms with van der Waals surface area (Å²) in [6.07, 6.45) is 0.200. The summed E-state index contributed by atoms with van der Waals surface area (Å²) in [5.74, 6) is -2.60. The van der Waals surface area contributed by atoms with Crippen LogP contribution in [0, 0.1) is 5.92 Å². The van der Waals surface area contributed by atoms with Gasteiger partial charge in [-0.1, -0.05) is 55.2 Å². The predicted octanol–water partition coefficient (Wildman–Crippen LogP) is 4.19. The number of ether oxygens (including phenoxy) is 1. The van der Waals surface area contributed by atoms with Crippen molar-refractivity contribution in [2.45, 2.75) is 26.3 Å². The molecule has 1 atom stereocenters. The second-order valence-corrected chi connectivity index (χ2v) is 8.21. The lowest BCUT2D eigenvalue weighted by Gasteiger charge is -2.25. The summed E-state index contributed by atoms with van der Waals surface area (Å²) in [7, 11) is 0. The van der Waals surface area contributed by atoms with Gasteiger partial charge in [0, 0.05) is 0 Å². The average molecular weight is 463 g/mol. The van der Waals surface area contributed by atoms with Gasteiger partial charge in [0.25, 0.3) is 17.7 Å². The predicted molar refractivity (Wildman–Crippen MR) is 116 cm³/mol. The minimum Gasteiger partial charge on any atom is -0.454 e. The van der Waals surface area contributed by atoms with Crippen molar-refractivity contribution in [1.82, 2.24) is 4.90 Å². The molecule has 3 amide bonds. The Morgan fingerprint density at radius 1 is 1.00 bits per heavy atom. The van der Waals surface area contributed by atoms with Crippen LogP contribution in [-0.4, -0.2) is 41.2 Å². The fourth-order valence-corrected chi connectivity index (χ4v) is 3.61. The monoisotopic (exact) mass is 462 g/mol. The van der Waals surface area contributed by atoms with Crippen LogP contribution >= 0.6 is 23.2 Å². The molecule has 7 nitrogen and oxygen atoms in total. The molecule has 1 heterocycles. The molecule has 2 aromatic rings. The topological polar surface area (TPSA) is 92.8 Å². The second kappa shape index (κ2) is 9.49. The van der Waals surface area contributed by atoms with E-state index in [4.69, 9.17) is 27.9 Å². The highest BCUT2D eigenvalue weighted by Crippen LogP contribution is 2.30. The first kappa shape index (κ1) is 22.8. The highest BCUT2D eigenvalue weighted by molar-refractivity contribution is 6.44. The number of halogens is 2. The van der Waals surface area contributed by atoms with E-state index < -0.39 is 36.3 Å². The number of hydrogen-bond donors (Lipinski definition) is 1. The SMILES string of the molecule is CC(C)C[C@H](C(=O)OCC(=O)Nc1cccc(Cl)c1Cl)N1C(=O)c2ccccc2C1=O. The number of fused-ring (bicyclic) bond motifs is 1. The zero-order valence-corrected chi connectivity index (χ0v) is 18.4. The minimum atomic E-state index is -1.14. The number of nitrogens with zero attached hydrogens (tertiary/aromatic N) is 1. The van der Waals surface area contributed by atoms with E-state index in [0.717, 1.165) is 4.90 Å². The Morgan fingerprint density at radius 3 is 2.19 bits per heavy atom. The average Bonchev–Trinajstić information content (AvgIpc) is 2.98. The van der Waals surface area contributed by atoms with Crippen LogP contribution in [-0.2, 0) is 14.3 Å². The smallest absolute Gasteiger partial charge is 0.329 e. The molecular weight excluding hydrogens is 443 g/mol. The molecule has 31 heavy (non-hydrogen) atoms. The Morgan fingerprint density at radius 2 is 1.61 bits per heavy atom. The fraction of sp³-hybridized carbons (Fsp3) is 0.273. The third-order valence-corrected chi connectivity index (χ3v) is 5.49. The number of esters is 1. The van der Waals surface area contributed by atoms with Crippen LogP contribution in [0.15, 0.2) is 42.5 Å². The van der Waals surface area contributed by atoms with Gasteiger partial charge in [-0.2, -0.15) is 0 Å². The number of hydrogen-bond acceptors (Lipinski definition) is 5. The highest BCUT2D eigenvalue weighted by atomic mass is 35.5. The molecule has 0 saturated heterocycles. The molecular formula is C22H20Cl2N2O5. The third-order valence-electron chi connectivity index (χ3n) is 4.68. The van der Waals surface area contributed by atoms with E-state index >= 15 is 0 Å². The summed E-state index contributed by atoms with van der Waals surface area (Å²) in [5.41, 5.74) is 0.749. The summed E-state index contributed by atoms with van der Waals surface area (Å²) in [4.78, 5) is 51.5. The lowest BCUT2D eigenvalue weighted by Crippen LogP contribution is -2.46. The highest BCUT2D eigenvalue weighted by Gasteiger charge is 2.43. The fourth-order valence-electron chi connectivity index (χ4n) is 3.26. The number of carbonyl (C=O) groups is 4. The summed E-state index contributed by atoms with van der Waals surface area (Å²) >= 11 is 11.9. The van der Waals surface area contributed by atoms with E-state index in [9.17, 15) is 19.2 Å². The maximum Gasteiger partial charge on any atom is 0.329 e. The van der Waals surface area contributed by atoms with Crippen molar-refractivity contribution in [2.24, 2.45) is 5.92 Å². The van der Waals surface area contributed by atoms with Gasteiger partial charge in [-0.3, -0.25) is 19.3 Å². The maximum absolute atomic E-state index is 12.8. The van der Waals surface area contributed by atoms with Gasteiger partial charge in [0.1, 0.15) is 6.04 Å². The van der Waals surface area contributed by atoms with Gasteiger partial charge in [-0.05, 0) is 36.6 Å². The van der Waals surface area contributed by atoms with Crippen LogP contribution in [0.3, 0.4) is 0 Å². The molecule has 1 aliphatic rings. The molecule has 3 rings (SSSR count). The zero-order chi connectivity index (χ0) is 22.7. The van der Waals surface area contributed by atoms with Crippen LogP contribution in [0.4, 0.5) is 5.69 Å². The Balaban J connectivity index is 1.71. The van der Waals surface area contributed by atoms with Crippen molar-refractivity contribution in [1.29, 1.82) is 0 Å². The van der Waals surface area contributed by atoms with Crippen LogP contribution in [0.2, 0.25) is 10.0 Å². The molecule has 2 aromatic carbocycles.